The van der Waals surface area contributed by atoms with Crippen LogP contribution in [-0.2, 0) is 16.1 Å². The van der Waals surface area contributed by atoms with Crippen LogP contribution in [0, 0.1) is 13.8 Å². The molecule has 4 nitrogen and oxygen atoms in total. The number of nitrogens with one attached hydrogen (secondary N) is 1. The maximum Gasteiger partial charge on any atom is 0.245 e. The molecule has 1 fully saturated rings. The topological polar surface area (TPSA) is 49.4 Å². The molecule has 0 bridgehead atoms. The fraction of sp³-hybridized carbons (Fsp3) is 0.500. The van der Waals surface area contributed by atoms with Gasteiger partial charge in [-0.3, -0.25) is 9.59 Å². The first-order chi connectivity index (χ1) is 9.52. The molecule has 4 heteroatoms. The summed E-state index contributed by atoms with van der Waals surface area (Å²) >= 11 is 0. The number of carbonyl (C=O) groups is 2. The second-order valence-electron chi connectivity index (χ2n) is 5.47. The summed E-state index contributed by atoms with van der Waals surface area (Å²) in [5, 5.41) is 2.78. The van der Waals surface area contributed by atoms with Gasteiger partial charge in [-0.1, -0.05) is 31.5 Å². The Labute approximate surface area is 120 Å². The fourth-order valence-electron chi connectivity index (χ4n) is 2.68. The molecule has 2 rings (SSSR count). The third kappa shape index (κ3) is 3.00. The predicted octanol–water partition coefficient (Wildman–Crippen LogP) is 1.93. The Balaban J connectivity index is 2.19. The monoisotopic (exact) mass is 274 g/mol. The minimum absolute atomic E-state index is 0.0362. The van der Waals surface area contributed by atoms with Gasteiger partial charge >= 0.3 is 0 Å². The molecule has 1 unspecified atom stereocenters. The number of hydrogen-bond donors (Lipinski definition) is 1. The van der Waals surface area contributed by atoms with Gasteiger partial charge in [-0.15, -0.1) is 0 Å². The van der Waals surface area contributed by atoms with Crippen LogP contribution in [0.3, 0.4) is 0 Å². The summed E-state index contributed by atoms with van der Waals surface area (Å²) in [6.07, 6.45) is 1.59. The summed E-state index contributed by atoms with van der Waals surface area (Å²) in [5.74, 6) is -0.0246. The summed E-state index contributed by atoms with van der Waals surface area (Å²) < 4.78 is 0. The lowest BCUT2D eigenvalue weighted by Gasteiger charge is -2.33. The van der Waals surface area contributed by atoms with Gasteiger partial charge in [0.05, 0.1) is 6.54 Å². The van der Waals surface area contributed by atoms with Crippen molar-refractivity contribution in [2.24, 2.45) is 0 Å². The van der Waals surface area contributed by atoms with Crippen LogP contribution in [0.1, 0.15) is 36.5 Å². The Bertz CT molecular complexity index is 505. The Morgan fingerprint density at radius 1 is 1.25 bits per heavy atom. The molecule has 1 heterocycles. The van der Waals surface area contributed by atoms with Crippen molar-refractivity contribution in [1.29, 1.82) is 0 Å². The van der Waals surface area contributed by atoms with E-state index in [-0.39, 0.29) is 24.4 Å². The first-order valence-corrected chi connectivity index (χ1v) is 7.16. The van der Waals surface area contributed by atoms with E-state index in [0.717, 1.165) is 23.1 Å². The lowest BCUT2D eigenvalue weighted by Crippen LogP contribution is -2.57. The zero-order valence-electron chi connectivity index (χ0n) is 12.4. The lowest BCUT2D eigenvalue weighted by molar-refractivity contribution is -0.145. The maximum absolute atomic E-state index is 12.4. The maximum atomic E-state index is 12.4. The molecule has 1 aromatic rings. The van der Waals surface area contributed by atoms with Crippen LogP contribution in [0.5, 0.6) is 0 Å². The van der Waals surface area contributed by atoms with Crippen molar-refractivity contribution in [2.45, 2.75) is 46.2 Å². The van der Waals surface area contributed by atoms with Crippen molar-refractivity contribution in [3.8, 4) is 0 Å². The average molecular weight is 274 g/mol. The van der Waals surface area contributed by atoms with E-state index in [4.69, 9.17) is 0 Å². The second kappa shape index (κ2) is 6.07. The Morgan fingerprint density at radius 3 is 2.50 bits per heavy atom. The van der Waals surface area contributed by atoms with Gasteiger partial charge in [-0.25, -0.2) is 0 Å². The van der Waals surface area contributed by atoms with Crippen LogP contribution in [-0.4, -0.2) is 29.3 Å². The first-order valence-electron chi connectivity index (χ1n) is 7.16. The molecule has 0 aromatic heterocycles. The molecule has 1 aliphatic rings. The van der Waals surface area contributed by atoms with Crippen LogP contribution in [0.2, 0.25) is 0 Å². The SMILES string of the molecule is CCCC1NC(=O)CN(Cc2c(C)cccc2C)C1=O. The molecule has 1 N–H and O–H groups in total. The van der Waals surface area contributed by atoms with Gasteiger partial charge in [0.15, 0.2) is 0 Å². The molecule has 1 saturated heterocycles. The quantitative estimate of drug-likeness (QED) is 0.912. The molecule has 1 aliphatic heterocycles. The molecule has 108 valence electrons. The first kappa shape index (κ1) is 14.6. The minimum atomic E-state index is -0.356. The number of aryl methyl sites for hydroxylation is 2. The third-order valence-electron chi connectivity index (χ3n) is 3.85. The van der Waals surface area contributed by atoms with Gasteiger partial charge in [0.1, 0.15) is 6.04 Å². The summed E-state index contributed by atoms with van der Waals surface area (Å²) in [4.78, 5) is 25.8. The van der Waals surface area contributed by atoms with Gasteiger partial charge in [-0.2, -0.15) is 0 Å². The highest BCUT2D eigenvalue weighted by Crippen LogP contribution is 2.18. The highest BCUT2D eigenvalue weighted by molar-refractivity contribution is 5.94. The number of nitrogens with zero attached hydrogens (tertiary/aromatic N) is 1. The van der Waals surface area contributed by atoms with E-state index in [9.17, 15) is 9.59 Å². The summed E-state index contributed by atoms with van der Waals surface area (Å²) in [5.41, 5.74) is 3.47. The number of piperazine rings is 1. The standard InChI is InChI=1S/C16H22N2O2/c1-4-6-14-16(20)18(10-15(19)17-14)9-13-11(2)7-5-8-12(13)3/h5,7-8,14H,4,6,9-10H2,1-3H3,(H,17,19). The van der Waals surface area contributed by atoms with E-state index in [2.05, 4.69) is 5.32 Å². The number of amides is 2. The second-order valence-corrected chi connectivity index (χ2v) is 5.47. The van der Waals surface area contributed by atoms with E-state index in [1.54, 1.807) is 4.90 Å². The fourth-order valence-corrected chi connectivity index (χ4v) is 2.68. The molecular weight excluding hydrogens is 252 g/mol. The van der Waals surface area contributed by atoms with E-state index >= 15 is 0 Å². The van der Waals surface area contributed by atoms with E-state index in [1.165, 1.54) is 0 Å². The van der Waals surface area contributed by atoms with Gasteiger partial charge in [0.25, 0.3) is 0 Å². The highest BCUT2D eigenvalue weighted by atomic mass is 16.2. The van der Waals surface area contributed by atoms with Crippen molar-refractivity contribution in [1.82, 2.24) is 10.2 Å². The Hall–Kier alpha value is -1.84. The van der Waals surface area contributed by atoms with Gasteiger partial charge in [0.2, 0.25) is 11.8 Å². The molecule has 0 aliphatic carbocycles. The molecule has 2 amide bonds. The van der Waals surface area contributed by atoms with Gasteiger partial charge in [-0.05, 0) is 37.0 Å². The van der Waals surface area contributed by atoms with Crippen molar-refractivity contribution in [2.75, 3.05) is 6.54 Å². The number of benzene rings is 1. The van der Waals surface area contributed by atoms with Gasteiger partial charge < -0.3 is 10.2 Å². The molecule has 20 heavy (non-hydrogen) atoms. The largest absolute Gasteiger partial charge is 0.343 e. The van der Waals surface area contributed by atoms with E-state index in [0.29, 0.717) is 13.0 Å². The average Bonchev–Trinajstić information content (AvgIpc) is 2.39. The van der Waals surface area contributed by atoms with E-state index < -0.39 is 0 Å². The van der Waals surface area contributed by atoms with Crippen molar-refractivity contribution >= 4 is 11.8 Å². The van der Waals surface area contributed by atoms with Crippen LogP contribution in [0.4, 0.5) is 0 Å². The lowest BCUT2D eigenvalue weighted by atomic mass is 10.0. The predicted molar refractivity (Wildman–Crippen MR) is 78.2 cm³/mol. The molecule has 1 aromatic carbocycles. The van der Waals surface area contributed by atoms with Crippen LogP contribution in [0.25, 0.3) is 0 Å². The summed E-state index contributed by atoms with van der Waals surface area (Å²) in [6, 6.07) is 5.74. The molecule has 0 saturated carbocycles. The summed E-state index contributed by atoms with van der Waals surface area (Å²) in [6.45, 7) is 6.78. The Kier molecular flexibility index (Phi) is 4.42. The number of carbonyl (C=O) groups excluding carboxylic acids is 2. The van der Waals surface area contributed by atoms with E-state index in [1.807, 2.05) is 39.0 Å². The van der Waals surface area contributed by atoms with Crippen LogP contribution < -0.4 is 5.32 Å². The summed E-state index contributed by atoms with van der Waals surface area (Å²) in [7, 11) is 0. The molecular formula is C16H22N2O2. The molecule has 1 atom stereocenters. The number of rotatable bonds is 4. The zero-order chi connectivity index (χ0) is 14.7. The van der Waals surface area contributed by atoms with Crippen molar-refractivity contribution in [3.63, 3.8) is 0 Å². The van der Waals surface area contributed by atoms with Crippen molar-refractivity contribution < 1.29 is 9.59 Å². The highest BCUT2D eigenvalue weighted by Gasteiger charge is 2.32. The smallest absolute Gasteiger partial charge is 0.245 e. The third-order valence-corrected chi connectivity index (χ3v) is 3.85. The molecule has 0 radical (unpaired) electrons. The van der Waals surface area contributed by atoms with Crippen LogP contribution >= 0.6 is 0 Å². The van der Waals surface area contributed by atoms with Crippen molar-refractivity contribution in [3.05, 3.63) is 34.9 Å². The number of hydrogen-bond acceptors (Lipinski definition) is 2. The molecule has 0 spiro atoms. The Morgan fingerprint density at radius 2 is 1.90 bits per heavy atom. The van der Waals surface area contributed by atoms with Gasteiger partial charge in [0, 0.05) is 6.54 Å². The zero-order valence-corrected chi connectivity index (χ0v) is 12.4. The van der Waals surface area contributed by atoms with Crippen LogP contribution in [0.15, 0.2) is 18.2 Å². The minimum Gasteiger partial charge on any atom is -0.343 e. The normalized spacial score (nSPS) is 19.1.